The van der Waals surface area contributed by atoms with E-state index in [1.807, 2.05) is 0 Å². The van der Waals surface area contributed by atoms with Crippen molar-refractivity contribution in [3.8, 4) is 0 Å². The summed E-state index contributed by atoms with van der Waals surface area (Å²) in [4.78, 5) is 73.0. The lowest BCUT2D eigenvalue weighted by molar-refractivity contribution is -0.161. The molecule has 0 saturated heterocycles. The van der Waals surface area contributed by atoms with E-state index in [1.165, 1.54) is 283 Å². The van der Waals surface area contributed by atoms with Crippen LogP contribution in [0.25, 0.3) is 0 Å². The third-order valence-corrected chi connectivity index (χ3v) is 21.9. The van der Waals surface area contributed by atoms with Gasteiger partial charge in [-0.25, -0.2) is 9.13 Å². The highest BCUT2D eigenvalue weighted by atomic mass is 31.2. The first-order valence-electron chi connectivity index (χ1n) is 44.1. The van der Waals surface area contributed by atoms with Crippen molar-refractivity contribution in [1.29, 1.82) is 0 Å². The van der Waals surface area contributed by atoms with E-state index in [-0.39, 0.29) is 25.7 Å². The van der Waals surface area contributed by atoms with E-state index in [9.17, 15) is 43.2 Å². The monoisotopic (exact) mass is 1520 g/mol. The van der Waals surface area contributed by atoms with Crippen LogP contribution in [0.5, 0.6) is 0 Å². The molecule has 3 N–H and O–H groups in total. The second-order valence-electron chi connectivity index (χ2n) is 31.1. The first kappa shape index (κ1) is 102. The van der Waals surface area contributed by atoms with E-state index in [1.54, 1.807) is 0 Å². The number of ether oxygens (including phenoxy) is 4. The van der Waals surface area contributed by atoms with E-state index >= 15 is 0 Å². The van der Waals surface area contributed by atoms with Crippen molar-refractivity contribution < 1.29 is 80.2 Å². The van der Waals surface area contributed by atoms with Crippen LogP contribution in [0.15, 0.2) is 0 Å². The molecule has 0 aromatic heterocycles. The molecule has 0 rings (SSSR count). The summed E-state index contributed by atoms with van der Waals surface area (Å²) in [6.07, 6.45) is 71.3. The fraction of sp³-hybridized carbons (Fsp3) is 0.953. The van der Waals surface area contributed by atoms with Crippen molar-refractivity contribution in [2.75, 3.05) is 39.6 Å². The van der Waals surface area contributed by atoms with Gasteiger partial charge in [0.2, 0.25) is 0 Å². The fourth-order valence-electron chi connectivity index (χ4n) is 13.3. The number of aliphatic hydroxyl groups is 1. The molecule has 5 atom stereocenters. The zero-order chi connectivity index (χ0) is 76.2. The Morgan fingerprint density at radius 3 is 0.654 bits per heavy atom. The molecule has 19 heteroatoms. The third kappa shape index (κ3) is 78.2. The van der Waals surface area contributed by atoms with Gasteiger partial charge in [-0.15, -0.1) is 0 Å². The molecule has 104 heavy (non-hydrogen) atoms. The smallest absolute Gasteiger partial charge is 0.462 e. The van der Waals surface area contributed by atoms with Gasteiger partial charge in [0, 0.05) is 25.7 Å². The Morgan fingerprint density at radius 1 is 0.260 bits per heavy atom. The van der Waals surface area contributed by atoms with Gasteiger partial charge < -0.3 is 33.8 Å². The summed E-state index contributed by atoms with van der Waals surface area (Å²) < 4.78 is 68.7. The number of hydrogen-bond acceptors (Lipinski definition) is 15. The van der Waals surface area contributed by atoms with Gasteiger partial charge in [-0.1, -0.05) is 407 Å². The van der Waals surface area contributed by atoms with Crippen LogP contribution in [0.1, 0.15) is 458 Å². The van der Waals surface area contributed by atoms with Crippen molar-refractivity contribution in [2.24, 2.45) is 5.92 Å². The van der Waals surface area contributed by atoms with Crippen molar-refractivity contribution in [3.63, 3.8) is 0 Å². The molecular weight excluding hydrogens is 1350 g/mol. The molecule has 0 aliphatic carbocycles. The third-order valence-electron chi connectivity index (χ3n) is 20.0. The van der Waals surface area contributed by atoms with Crippen LogP contribution in [0.2, 0.25) is 0 Å². The topological polar surface area (TPSA) is 237 Å². The molecule has 0 heterocycles. The Bertz CT molecular complexity index is 1980. The van der Waals surface area contributed by atoms with E-state index in [4.69, 9.17) is 37.0 Å². The Hall–Kier alpha value is -1.94. The molecule has 2 unspecified atom stereocenters. The predicted octanol–water partition coefficient (Wildman–Crippen LogP) is 26.0. The highest BCUT2D eigenvalue weighted by Gasteiger charge is 2.30. The summed E-state index contributed by atoms with van der Waals surface area (Å²) in [5, 5.41) is 10.6. The Kier molecular flexibility index (Phi) is 76.3. The Morgan fingerprint density at radius 2 is 0.442 bits per heavy atom. The summed E-state index contributed by atoms with van der Waals surface area (Å²) in [5.41, 5.74) is 0. The minimum Gasteiger partial charge on any atom is -0.462 e. The molecule has 0 aliphatic heterocycles. The fourth-order valence-corrected chi connectivity index (χ4v) is 14.9. The number of phosphoric acid groups is 2. The maximum Gasteiger partial charge on any atom is 0.472 e. The molecule has 17 nitrogen and oxygen atoms in total. The van der Waals surface area contributed by atoms with E-state index in [2.05, 4.69) is 34.6 Å². The number of carbonyl (C=O) groups excluding carboxylic acids is 4. The van der Waals surface area contributed by atoms with E-state index in [0.717, 1.165) is 89.9 Å². The quantitative estimate of drug-likeness (QED) is 0.0222. The van der Waals surface area contributed by atoms with Gasteiger partial charge in [0.1, 0.15) is 19.3 Å². The zero-order valence-corrected chi connectivity index (χ0v) is 70.0. The minimum absolute atomic E-state index is 0.104. The van der Waals surface area contributed by atoms with Gasteiger partial charge >= 0.3 is 39.5 Å². The van der Waals surface area contributed by atoms with Crippen molar-refractivity contribution >= 4 is 39.5 Å². The summed E-state index contributed by atoms with van der Waals surface area (Å²) in [6, 6.07) is 0. The average molecular weight is 1520 g/mol. The van der Waals surface area contributed by atoms with Gasteiger partial charge in [0.15, 0.2) is 12.2 Å². The van der Waals surface area contributed by atoms with Crippen molar-refractivity contribution in [2.45, 2.75) is 477 Å². The summed E-state index contributed by atoms with van der Waals surface area (Å²) in [7, 11) is -9.92. The van der Waals surface area contributed by atoms with Gasteiger partial charge in [0.05, 0.1) is 26.4 Å². The van der Waals surface area contributed by atoms with E-state index in [0.29, 0.717) is 31.6 Å². The van der Waals surface area contributed by atoms with Crippen molar-refractivity contribution in [3.05, 3.63) is 0 Å². The second kappa shape index (κ2) is 77.8. The Balaban J connectivity index is 5.15. The number of carbonyl (C=O) groups is 4. The molecule has 0 amide bonds. The highest BCUT2D eigenvalue weighted by Crippen LogP contribution is 2.45. The molecule has 618 valence electrons. The van der Waals surface area contributed by atoms with Crippen LogP contribution < -0.4 is 0 Å². The van der Waals surface area contributed by atoms with Crippen LogP contribution in [0.3, 0.4) is 0 Å². The largest absolute Gasteiger partial charge is 0.472 e. The van der Waals surface area contributed by atoms with Crippen LogP contribution in [-0.2, 0) is 65.4 Å². The van der Waals surface area contributed by atoms with E-state index < -0.39 is 97.5 Å². The molecule has 0 fully saturated rings. The summed E-state index contributed by atoms with van der Waals surface area (Å²) in [6.45, 7) is 7.26. The second-order valence-corrected chi connectivity index (χ2v) is 34.0. The van der Waals surface area contributed by atoms with Gasteiger partial charge in [-0.05, 0) is 31.6 Å². The predicted molar refractivity (Wildman–Crippen MR) is 428 cm³/mol. The average Bonchev–Trinajstić information content (AvgIpc) is 0.915. The molecule has 0 aromatic carbocycles. The number of phosphoric ester groups is 2. The maximum atomic E-state index is 13.1. The first-order chi connectivity index (χ1) is 50.5. The van der Waals surface area contributed by atoms with Gasteiger partial charge in [0.25, 0.3) is 0 Å². The van der Waals surface area contributed by atoms with Crippen LogP contribution in [0.4, 0.5) is 0 Å². The lowest BCUT2D eigenvalue weighted by Gasteiger charge is -2.21. The minimum atomic E-state index is -4.96. The van der Waals surface area contributed by atoms with Crippen LogP contribution in [-0.4, -0.2) is 96.7 Å². The summed E-state index contributed by atoms with van der Waals surface area (Å²) in [5.74, 6) is -1.41. The van der Waals surface area contributed by atoms with Crippen LogP contribution >= 0.6 is 15.6 Å². The highest BCUT2D eigenvalue weighted by molar-refractivity contribution is 7.47. The number of unbranched alkanes of at least 4 members (excludes halogenated alkanes) is 57. The van der Waals surface area contributed by atoms with Crippen LogP contribution in [0, 0.1) is 5.92 Å². The maximum absolute atomic E-state index is 13.1. The van der Waals surface area contributed by atoms with Crippen molar-refractivity contribution in [1.82, 2.24) is 0 Å². The zero-order valence-electron chi connectivity index (χ0n) is 68.2. The Labute approximate surface area is 638 Å². The lowest BCUT2D eigenvalue weighted by Crippen LogP contribution is -2.30. The molecule has 0 bridgehead atoms. The number of hydrogen-bond donors (Lipinski definition) is 3. The number of esters is 4. The first-order valence-corrected chi connectivity index (χ1v) is 47.1. The SMILES string of the molecule is CCCCCCCCCCCCCCCCCCCCCCCCC(=O)OC[C@H](COP(=O)(O)OC[C@@H](O)COP(=O)(O)OC[C@@H](COC(=O)CCCCCCCCCCCC)OC(=O)CCCCCCCCCC(C)C)OC(=O)CCCCCCCCCCCCCCCCCCCCCCCC. The number of aliphatic hydroxyl groups excluding tert-OH is 1. The number of rotatable bonds is 85. The standard InChI is InChI=1S/C85H166O17P2/c1-6-9-12-15-18-21-24-26-28-30-32-34-36-38-40-42-44-46-49-54-59-64-69-83(88)96-74-80(101-84(89)70-65-60-55-50-47-45-43-41-39-37-35-33-31-29-27-25-22-19-16-13-10-7-2)76-99-103(91,92)97-72-79(86)73-98-104(93,94)100-77-81(102-85(90)71-66-61-56-51-52-57-62-67-78(4)5)75-95-82(87)68-63-58-53-48-23-20-17-14-11-8-3/h78-81,86H,6-77H2,1-5H3,(H,91,92)(H,93,94)/t79-,80-,81-/m1/s1. The summed E-state index contributed by atoms with van der Waals surface area (Å²) >= 11 is 0. The normalized spacial score (nSPS) is 13.8. The lowest BCUT2D eigenvalue weighted by atomic mass is 10.0. The van der Waals surface area contributed by atoms with Gasteiger partial charge in [-0.2, -0.15) is 0 Å². The molecule has 0 radical (unpaired) electrons. The molecule has 0 aromatic rings. The molecular formula is C85H166O17P2. The molecule has 0 spiro atoms. The molecule has 0 aliphatic rings. The van der Waals surface area contributed by atoms with Gasteiger partial charge in [-0.3, -0.25) is 37.3 Å². The molecule has 0 saturated carbocycles.